The summed E-state index contributed by atoms with van der Waals surface area (Å²) in [4.78, 5) is 111. The summed E-state index contributed by atoms with van der Waals surface area (Å²) in [7, 11) is 0. The first kappa shape index (κ1) is 85.4. The third-order valence-electron chi connectivity index (χ3n) is 15.2. The molecule has 0 aliphatic heterocycles. The number of carbonyl (C=O) groups excluding carboxylic acids is 4. The van der Waals surface area contributed by atoms with Gasteiger partial charge in [-0.15, -0.1) is 0 Å². The summed E-state index contributed by atoms with van der Waals surface area (Å²) in [6, 6.07) is 35.1. The second-order valence-electron chi connectivity index (χ2n) is 22.3. The van der Waals surface area contributed by atoms with Gasteiger partial charge in [-0.25, -0.2) is 91.0 Å². The van der Waals surface area contributed by atoms with Gasteiger partial charge in [-0.3, -0.25) is 27.9 Å². The summed E-state index contributed by atoms with van der Waals surface area (Å²) in [5.41, 5.74) is 6.28. The third-order valence-corrected chi connectivity index (χ3v) is 18.4. The van der Waals surface area contributed by atoms with E-state index >= 15 is 0 Å². The van der Waals surface area contributed by atoms with Gasteiger partial charge in [0.15, 0.2) is 32.1 Å². The molecule has 26 nitrogen and oxygen atoms in total. The molecule has 3 N–H and O–H groups in total. The number of ether oxygens (including phenoxy) is 3. The van der Waals surface area contributed by atoms with E-state index in [4.69, 9.17) is 9.47 Å². The van der Waals surface area contributed by atoms with Crippen molar-refractivity contribution in [1.29, 1.82) is 0 Å². The van der Waals surface area contributed by atoms with Gasteiger partial charge in [0, 0.05) is 81.0 Å². The highest BCUT2D eigenvalue weighted by Gasteiger charge is 2.24. The highest BCUT2D eigenvalue weighted by molar-refractivity contribution is 9.09. The fourth-order valence-corrected chi connectivity index (χ4v) is 12.1. The summed E-state index contributed by atoms with van der Waals surface area (Å²) in [5, 5.41) is 27.5. The number of fused-ring (bicyclic) bond motifs is 4. The molecule has 0 fully saturated rings. The molecule has 0 bridgehead atoms. The number of aldehydes is 1. The topological polar surface area (TPSA) is 331 Å². The molecule has 5 aromatic carbocycles. The lowest BCUT2D eigenvalue weighted by Crippen LogP contribution is -2.11. The summed E-state index contributed by atoms with van der Waals surface area (Å²) < 4.78 is 86.4. The van der Waals surface area contributed by atoms with Crippen molar-refractivity contribution in [2.45, 2.75) is 46.6 Å². The Morgan fingerprint density at radius 2 is 0.673 bits per heavy atom. The molecule has 0 amide bonds. The number of alkyl halides is 1. The van der Waals surface area contributed by atoms with Crippen LogP contribution in [0.3, 0.4) is 0 Å². The second kappa shape index (κ2) is 41.0. The minimum atomic E-state index is -1.08. The predicted molar refractivity (Wildman–Crippen MR) is 428 cm³/mol. The Labute approximate surface area is 670 Å². The molecule has 9 heterocycles. The van der Waals surface area contributed by atoms with Crippen LogP contribution in [-0.2, 0) is 19.0 Å². The van der Waals surface area contributed by atoms with Gasteiger partial charge in [0.25, 0.3) is 0 Å². The molecule has 0 radical (unpaired) electrons. The van der Waals surface area contributed by atoms with E-state index in [0.717, 1.165) is 10.8 Å². The Balaban J connectivity index is 0.000000159. The Bertz CT molecular complexity index is 5410. The van der Waals surface area contributed by atoms with Crippen LogP contribution in [-0.4, -0.2) is 171 Å². The maximum atomic E-state index is 13.2. The lowest BCUT2D eigenvalue weighted by atomic mass is 10.3. The molecule has 9 aromatic heterocycles. The van der Waals surface area contributed by atoms with Gasteiger partial charge in [-0.05, 0) is 198 Å². The SMILES string of the molecule is CCOC(=O)CBr.CCOC(=O)c1cc2cnc(SC)nc2n1-c1ccc(F)cc1.CCOC(=O)c1cc2cnc(SC)nc2n1-c1ccc(F)cc1.CSc1ncc(C=O)c(Nc2ccc(F)cc2)n1.CSc1ncc2cc(C(=O)O)n(-c3ccc(F)cc3)c2n1.CSc1ncc2cc(C(=O)O)n(-c3ccc(F)cc3)c2n1. The van der Waals surface area contributed by atoms with E-state index in [-0.39, 0.29) is 59.7 Å². The van der Waals surface area contributed by atoms with Gasteiger partial charge in [0.1, 0.15) is 85.6 Å². The Hall–Kier alpha value is -11.6. The monoisotopic (exact) mass is 1700 g/mol. The molecule has 0 saturated heterocycles. The number of nitrogens with one attached hydrogen (secondary N) is 1. The molecule has 0 atom stereocenters. The minimum Gasteiger partial charge on any atom is -0.477 e. The minimum absolute atomic E-state index is 0.0594. The van der Waals surface area contributed by atoms with Gasteiger partial charge in [0.05, 0.1) is 25.4 Å². The average Bonchev–Trinajstić information content (AvgIpc) is 1.65. The van der Waals surface area contributed by atoms with Gasteiger partial charge >= 0.3 is 29.8 Å². The van der Waals surface area contributed by atoms with Crippen LogP contribution in [0.2, 0.25) is 0 Å². The Morgan fingerprint density at radius 1 is 0.407 bits per heavy atom. The largest absolute Gasteiger partial charge is 0.477 e. The van der Waals surface area contributed by atoms with Gasteiger partial charge in [-0.2, -0.15) is 0 Å². The van der Waals surface area contributed by atoms with Crippen LogP contribution in [0.4, 0.5) is 33.5 Å². The molecule has 113 heavy (non-hydrogen) atoms. The predicted octanol–water partition coefficient (Wildman–Crippen LogP) is 16.7. The fourth-order valence-electron chi connectivity index (χ4n) is 10.2. The van der Waals surface area contributed by atoms with E-state index in [1.165, 1.54) is 171 Å². The summed E-state index contributed by atoms with van der Waals surface area (Å²) >= 11 is 9.86. The van der Waals surface area contributed by atoms with E-state index in [0.29, 0.717) is 129 Å². The Morgan fingerprint density at radius 3 is 0.929 bits per heavy atom. The molecule has 582 valence electrons. The van der Waals surface area contributed by atoms with E-state index in [1.54, 1.807) is 103 Å². The first-order chi connectivity index (χ1) is 54.5. The van der Waals surface area contributed by atoms with Crippen LogP contribution < -0.4 is 5.32 Å². The molecule has 14 aromatic rings. The zero-order chi connectivity index (χ0) is 81.4. The number of halogens is 6. The number of thioether (sulfide) groups is 5. The van der Waals surface area contributed by atoms with Crippen LogP contribution in [0, 0.1) is 29.1 Å². The number of carbonyl (C=O) groups is 6. The standard InChI is InChI=1S/2C16H14FN3O2S.2C14H10FN3O2S.C12H10FN3OS.C4H7BrO2/c2*1-3-22-15(21)13-8-10-9-18-16(23-2)19-14(10)20(13)12-6-4-11(17)5-7-12;2*1-21-14-16-7-8-6-11(13(19)20)18(12(8)17-14)10-4-2-9(15)3-5-10;1-18-12-14-6-8(7-17)11(16-12)15-10-4-2-9(13)3-5-10;1-2-7-4(6)3-5/h2*4-9H,3H2,1-2H3;2*2-7H,1H3,(H,19,20);2-7H,1H3,(H,14,15,16);2-3H2,1H3. The first-order valence-electron chi connectivity index (χ1n) is 33.2. The van der Waals surface area contributed by atoms with Crippen molar-refractivity contribution in [3.05, 3.63) is 234 Å². The van der Waals surface area contributed by atoms with Crippen molar-refractivity contribution in [1.82, 2.24) is 68.1 Å². The van der Waals surface area contributed by atoms with E-state index in [2.05, 4.69) is 75.8 Å². The number of anilines is 2. The number of carboxylic acids is 2. The van der Waals surface area contributed by atoms with Gasteiger partial charge < -0.3 is 29.7 Å². The van der Waals surface area contributed by atoms with E-state index in [9.17, 15) is 60.9 Å². The summed E-state index contributed by atoms with van der Waals surface area (Å²) in [6.07, 6.45) is 17.9. The maximum absolute atomic E-state index is 13.2. The van der Waals surface area contributed by atoms with Crippen molar-refractivity contribution >= 4 is 167 Å². The number of rotatable bonds is 20. The van der Waals surface area contributed by atoms with Gasteiger partial charge in [-0.1, -0.05) is 74.7 Å². The molecular weight excluding hydrogens is 1630 g/mol. The number of hydrogen-bond acceptors (Lipinski definition) is 25. The number of nitrogens with zero attached hydrogens (tertiary/aromatic N) is 14. The number of benzene rings is 5. The number of esters is 3. The molecule has 37 heteroatoms. The highest BCUT2D eigenvalue weighted by Crippen LogP contribution is 2.31. The second-order valence-corrected chi connectivity index (χ2v) is 26.7. The van der Waals surface area contributed by atoms with Crippen LogP contribution in [0.5, 0.6) is 0 Å². The van der Waals surface area contributed by atoms with E-state index < -0.39 is 23.9 Å². The summed E-state index contributed by atoms with van der Waals surface area (Å²) in [6.45, 7) is 6.27. The lowest BCUT2D eigenvalue weighted by Gasteiger charge is -2.09. The van der Waals surface area contributed by atoms with Crippen molar-refractivity contribution < 1.29 is 75.1 Å². The quantitative estimate of drug-likeness (QED) is 0.0121. The molecule has 0 saturated carbocycles. The normalized spacial score (nSPS) is 10.6. The van der Waals surface area contributed by atoms with Crippen LogP contribution in [0.1, 0.15) is 73.1 Å². The number of carboxylic acid groups (broad SMARTS) is 2. The number of hydrogen-bond donors (Lipinski definition) is 3. The van der Waals surface area contributed by atoms with Crippen LogP contribution in [0.15, 0.2) is 202 Å². The van der Waals surface area contributed by atoms with Crippen molar-refractivity contribution in [3.8, 4) is 22.7 Å². The smallest absolute Gasteiger partial charge is 0.355 e. The molecule has 0 unspecified atom stereocenters. The number of aromatic carboxylic acids is 2. The van der Waals surface area contributed by atoms with Crippen molar-refractivity contribution in [2.75, 3.05) is 61.7 Å². The zero-order valence-corrected chi connectivity index (χ0v) is 66.5. The number of aromatic nitrogens is 14. The first-order valence-corrected chi connectivity index (χ1v) is 40.4. The molecule has 0 aliphatic carbocycles. The fraction of sp³-hybridized carbons (Fsp3) is 0.158. The van der Waals surface area contributed by atoms with Gasteiger partial charge in [0.2, 0.25) is 0 Å². The molecule has 0 spiro atoms. The molecule has 14 rings (SSSR count). The van der Waals surface area contributed by atoms with E-state index in [1.807, 2.05) is 31.3 Å². The maximum Gasteiger partial charge on any atom is 0.355 e. The van der Waals surface area contributed by atoms with Crippen LogP contribution in [0.25, 0.3) is 66.9 Å². The highest BCUT2D eigenvalue weighted by atomic mass is 79.9. The molecule has 0 aliphatic rings. The average molecular weight is 1700 g/mol. The van der Waals surface area contributed by atoms with Crippen molar-refractivity contribution in [2.24, 2.45) is 0 Å². The van der Waals surface area contributed by atoms with Crippen LogP contribution >= 0.6 is 74.7 Å². The van der Waals surface area contributed by atoms with Crippen molar-refractivity contribution in [3.63, 3.8) is 0 Å². The summed E-state index contributed by atoms with van der Waals surface area (Å²) in [5.74, 6) is -4.64. The zero-order valence-electron chi connectivity index (χ0n) is 60.8. The lowest BCUT2D eigenvalue weighted by molar-refractivity contribution is -0.139. The Kier molecular flexibility index (Phi) is 31.0. The third kappa shape index (κ3) is 21.9. The molecular formula is C76H65BrF5N15O11S5.